The van der Waals surface area contributed by atoms with Gasteiger partial charge in [0.1, 0.15) is 0 Å². The maximum absolute atomic E-state index is 12.6. The Hall–Kier alpha value is -0.941. The topological polar surface area (TPSA) is 17.1 Å². The summed E-state index contributed by atoms with van der Waals surface area (Å²) in [6.07, 6.45) is 3.98. The molecular weight excluding hydrogens is 342 g/mol. The molecule has 0 radical (unpaired) electrons. The number of benzene rings is 2. The maximum atomic E-state index is 12.6. The SMILES string of the molecule is O=C1CCCCC1P(=[Se])(c1ccccc1)c1ccccc1. The van der Waals surface area contributed by atoms with Crippen molar-refractivity contribution in [1.29, 1.82) is 0 Å². The van der Waals surface area contributed by atoms with Crippen LogP contribution in [0.3, 0.4) is 0 Å². The molecule has 1 nitrogen and oxygen atoms in total. The summed E-state index contributed by atoms with van der Waals surface area (Å²) in [5.41, 5.74) is -1.63. The molecule has 0 amide bonds. The second-order valence-electron chi connectivity index (χ2n) is 5.56. The van der Waals surface area contributed by atoms with Gasteiger partial charge in [-0.2, -0.15) is 0 Å². The van der Waals surface area contributed by atoms with E-state index in [9.17, 15) is 4.79 Å². The van der Waals surface area contributed by atoms with Crippen LogP contribution in [0.2, 0.25) is 0 Å². The van der Waals surface area contributed by atoms with E-state index in [1.807, 2.05) is 12.1 Å². The van der Waals surface area contributed by atoms with Crippen LogP contribution in [0.25, 0.3) is 0 Å². The predicted octanol–water partition coefficient (Wildman–Crippen LogP) is 3.25. The molecule has 1 saturated carbocycles. The van der Waals surface area contributed by atoms with E-state index >= 15 is 0 Å². The van der Waals surface area contributed by atoms with Gasteiger partial charge in [0.05, 0.1) is 0 Å². The molecule has 0 bridgehead atoms. The van der Waals surface area contributed by atoms with Crippen LogP contribution in [-0.4, -0.2) is 26.5 Å². The Labute approximate surface area is 134 Å². The van der Waals surface area contributed by atoms with Gasteiger partial charge in [-0.15, -0.1) is 0 Å². The van der Waals surface area contributed by atoms with E-state index in [0.717, 1.165) is 19.3 Å². The van der Waals surface area contributed by atoms with Gasteiger partial charge < -0.3 is 0 Å². The number of Topliss-reactive ketones (excluding diaryl/α,β-unsaturated/α-hetero) is 1. The van der Waals surface area contributed by atoms with Gasteiger partial charge in [-0.05, 0) is 0 Å². The van der Waals surface area contributed by atoms with Gasteiger partial charge in [0, 0.05) is 0 Å². The second-order valence-corrected chi connectivity index (χ2v) is 12.2. The van der Waals surface area contributed by atoms with Gasteiger partial charge in [0.15, 0.2) is 0 Å². The van der Waals surface area contributed by atoms with Crippen LogP contribution in [0.5, 0.6) is 0 Å². The Morgan fingerprint density at radius 2 is 1.38 bits per heavy atom. The molecular formula is C18H19OPSe. The third kappa shape index (κ3) is 2.86. The molecule has 21 heavy (non-hydrogen) atoms. The molecule has 0 aromatic heterocycles. The summed E-state index contributed by atoms with van der Waals surface area (Å²) in [6.45, 7) is 0. The first kappa shape index (κ1) is 15.0. The van der Waals surface area contributed by atoms with Crippen molar-refractivity contribution in [2.45, 2.75) is 31.3 Å². The number of ketones is 1. The molecule has 2 aromatic rings. The molecule has 3 rings (SSSR count). The molecule has 0 aliphatic heterocycles. The van der Waals surface area contributed by atoms with Crippen LogP contribution < -0.4 is 10.6 Å². The van der Waals surface area contributed by atoms with Crippen LogP contribution in [0.15, 0.2) is 60.7 Å². The predicted molar refractivity (Wildman–Crippen MR) is 92.1 cm³/mol. The zero-order chi connectivity index (χ0) is 14.7. The summed E-state index contributed by atoms with van der Waals surface area (Å²) in [7, 11) is 0. The Kier molecular flexibility index (Phi) is 4.59. The molecule has 2 aromatic carbocycles. The van der Waals surface area contributed by atoms with Crippen molar-refractivity contribution in [2.24, 2.45) is 0 Å². The summed E-state index contributed by atoms with van der Waals surface area (Å²) < 4.78 is 0. The molecule has 0 spiro atoms. The fraction of sp³-hybridized carbons (Fsp3) is 0.278. The van der Waals surface area contributed by atoms with Crippen LogP contribution in [0.1, 0.15) is 25.7 Å². The van der Waals surface area contributed by atoms with Crippen LogP contribution in [0, 0.1) is 0 Å². The normalized spacial score (nSPS) is 19.4. The molecule has 1 aliphatic carbocycles. The number of carbonyl (C=O) groups excluding carboxylic acids is 1. The molecule has 108 valence electrons. The standard InChI is InChI=1S/C18H19OPSe/c19-17-13-7-8-14-18(17)20(21,15-9-3-1-4-10-15)16-11-5-2-6-12-16/h1-6,9-12,18H,7-8,13-14H2. The van der Waals surface area contributed by atoms with Crippen LogP contribution in [0.4, 0.5) is 0 Å². The summed E-state index contributed by atoms with van der Waals surface area (Å²) in [5.74, 6) is 0.445. The van der Waals surface area contributed by atoms with Crippen molar-refractivity contribution in [3.8, 4) is 0 Å². The molecule has 1 fully saturated rings. The Morgan fingerprint density at radius 1 is 0.857 bits per heavy atom. The van der Waals surface area contributed by atoms with E-state index in [2.05, 4.69) is 63.6 Å². The molecule has 0 saturated heterocycles. The van der Waals surface area contributed by atoms with Crippen molar-refractivity contribution >= 4 is 37.0 Å². The van der Waals surface area contributed by atoms with Gasteiger partial charge in [-0.1, -0.05) is 0 Å². The van der Waals surface area contributed by atoms with Crippen molar-refractivity contribution in [2.75, 3.05) is 0 Å². The average Bonchev–Trinajstić information content (AvgIpc) is 2.56. The van der Waals surface area contributed by atoms with Crippen LogP contribution >= 0.6 is 5.51 Å². The fourth-order valence-electron chi connectivity index (χ4n) is 3.16. The van der Waals surface area contributed by atoms with E-state index in [-0.39, 0.29) is 5.66 Å². The molecule has 1 aliphatic rings. The van der Waals surface area contributed by atoms with E-state index in [1.165, 1.54) is 17.0 Å². The van der Waals surface area contributed by atoms with Gasteiger partial charge in [0.25, 0.3) is 0 Å². The Morgan fingerprint density at radius 3 is 1.86 bits per heavy atom. The summed E-state index contributed by atoms with van der Waals surface area (Å²) in [4.78, 5) is 12.6. The molecule has 1 unspecified atom stereocenters. The number of carbonyl (C=O) groups is 1. The zero-order valence-corrected chi connectivity index (χ0v) is 14.6. The van der Waals surface area contributed by atoms with E-state index < -0.39 is 5.51 Å². The summed E-state index contributed by atoms with van der Waals surface area (Å²) in [6, 6.07) is 21.1. The first-order chi connectivity index (χ1) is 10.2. The van der Waals surface area contributed by atoms with E-state index in [0.29, 0.717) is 5.78 Å². The average molecular weight is 361 g/mol. The molecule has 3 heteroatoms. The van der Waals surface area contributed by atoms with Crippen molar-refractivity contribution in [3.63, 3.8) is 0 Å². The molecule has 0 heterocycles. The minimum atomic E-state index is -1.78. The number of rotatable bonds is 3. The third-order valence-electron chi connectivity index (χ3n) is 4.24. The first-order valence-electron chi connectivity index (χ1n) is 7.46. The summed E-state index contributed by atoms with van der Waals surface area (Å²) >= 11 is 3.51. The minimum absolute atomic E-state index is 0.149. The van der Waals surface area contributed by atoms with Gasteiger partial charge in [-0.25, -0.2) is 0 Å². The van der Waals surface area contributed by atoms with Crippen molar-refractivity contribution < 1.29 is 4.79 Å². The molecule has 0 N–H and O–H groups in total. The number of hydrogen-bond donors (Lipinski definition) is 0. The van der Waals surface area contributed by atoms with Crippen molar-refractivity contribution in [1.82, 2.24) is 0 Å². The van der Waals surface area contributed by atoms with E-state index in [4.69, 9.17) is 0 Å². The quantitative estimate of drug-likeness (QED) is 0.606. The van der Waals surface area contributed by atoms with Gasteiger partial charge in [0.2, 0.25) is 0 Å². The van der Waals surface area contributed by atoms with Crippen LogP contribution in [-0.2, 0) is 4.79 Å². The second kappa shape index (κ2) is 6.44. The molecule has 1 atom stereocenters. The zero-order valence-electron chi connectivity index (χ0n) is 11.9. The van der Waals surface area contributed by atoms with Gasteiger partial charge >= 0.3 is 134 Å². The van der Waals surface area contributed by atoms with E-state index in [1.54, 1.807) is 0 Å². The Balaban J connectivity index is 2.16. The van der Waals surface area contributed by atoms with Crippen molar-refractivity contribution in [3.05, 3.63) is 60.7 Å². The number of hydrogen-bond acceptors (Lipinski definition) is 1. The fourth-order valence-corrected chi connectivity index (χ4v) is 9.42. The Bertz CT molecular complexity index is 623. The third-order valence-corrected chi connectivity index (χ3v) is 12.1. The monoisotopic (exact) mass is 362 g/mol. The first-order valence-corrected chi connectivity index (χ1v) is 11.5. The summed E-state index contributed by atoms with van der Waals surface area (Å²) in [5, 5.41) is 2.60. The van der Waals surface area contributed by atoms with Gasteiger partial charge in [-0.3, -0.25) is 0 Å².